The fourth-order valence-electron chi connectivity index (χ4n) is 5.00. The average Bonchev–Trinajstić information content (AvgIpc) is 3.56. The number of carboxylic acid groups (broad SMARTS) is 1. The predicted molar refractivity (Wildman–Crippen MR) is 179 cm³/mol. The van der Waals surface area contributed by atoms with E-state index in [0.29, 0.717) is 12.8 Å². The fraction of sp³-hybridized carbons (Fsp3) is 0.844. The van der Waals surface area contributed by atoms with Crippen molar-refractivity contribution in [2.45, 2.75) is 129 Å². The lowest BCUT2D eigenvalue weighted by Gasteiger charge is -2.09. The molecular formula is C32H58N6O9S. The molecule has 0 aliphatic rings. The van der Waals surface area contributed by atoms with E-state index in [-0.39, 0.29) is 76.1 Å². The molecule has 1 atom stereocenters. The molecule has 0 saturated heterocycles. The molecule has 48 heavy (non-hydrogen) atoms. The summed E-state index contributed by atoms with van der Waals surface area (Å²) in [6.45, 7) is 2.32. The van der Waals surface area contributed by atoms with Gasteiger partial charge in [-0.15, -0.1) is 10.2 Å². The Bertz CT molecular complexity index is 1120. The summed E-state index contributed by atoms with van der Waals surface area (Å²) in [7, 11) is -3.79. The molecule has 276 valence electrons. The smallest absolute Gasteiger partial charge is 0.306 e. The fourth-order valence-corrected chi connectivity index (χ4v) is 6.07. The van der Waals surface area contributed by atoms with Gasteiger partial charge in [-0.1, -0.05) is 82.8 Å². The molecule has 0 saturated carbocycles. The number of H-pyrrole nitrogens is 1. The Balaban J connectivity index is 1.89. The number of unbranched alkanes of at least 4 members (excludes halogenated alkanes) is 12. The molecule has 0 aromatic carbocycles. The molecule has 0 radical (unpaired) electrons. The van der Waals surface area contributed by atoms with Crippen molar-refractivity contribution in [3.63, 3.8) is 0 Å². The number of sulfonamides is 1. The van der Waals surface area contributed by atoms with Crippen LogP contribution in [0.25, 0.3) is 0 Å². The number of ether oxygens (including phenoxy) is 2. The van der Waals surface area contributed by atoms with Gasteiger partial charge in [0.2, 0.25) is 21.8 Å². The lowest BCUT2D eigenvalue weighted by Crippen LogP contribution is -2.33. The second kappa shape index (κ2) is 27.9. The van der Waals surface area contributed by atoms with Gasteiger partial charge in [-0.3, -0.25) is 23.9 Å². The number of carbonyl (C=O) groups is 4. The van der Waals surface area contributed by atoms with E-state index in [1.54, 1.807) is 6.92 Å². The van der Waals surface area contributed by atoms with Gasteiger partial charge in [-0.2, -0.15) is 5.21 Å². The molecule has 4 N–H and O–H groups in total. The zero-order valence-corrected chi connectivity index (χ0v) is 29.5. The third-order valence-corrected chi connectivity index (χ3v) is 9.16. The minimum Gasteiger partial charge on any atom is -0.481 e. The Hall–Kier alpha value is -2.98. The number of ketones is 1. The highest BCUT2D eigenvalue weighted by Gasteiger charge is 2.19. The molecule has 0 fully saturated rings. The van der Waals surface area contributed by atoms with Gasteiger partial charge in [0.15, 0.2) is 11.6 Å². The van der Waals surface area contributed by atoms with Gasteiger partial charge in [-0.05, 0) is 25.7 Å². The summed E-state index contributed by atoms with van der Waals surface area (Å²) in [5.74, 6) is -2.35. The maximum absolute atomic E-state index is 12.2. The molecule has 15 nitrogen and oxygen atoms in total. The Kier molecular flexibility index (Phi) is 25.0. The van der Waals surface area contributed by atoms with E-state index in [1.807, 2.05) is 0 Å². The Morgan fingerprint density at radius 3 is 1.96 bits per heavy atom. The van der Waals surface area contributed by atoms with Crippen molar-refractivity contribution in [1.29, 1.82) is 0 Å². The molecule has 2 amide bonds. The molecule has 16 heteroatoms. The molecule has 1 unspecified atom stereocenters. The quantitative estimate of drug-likeness (QED) is 0.0772. The SMILES string of the molecule is CCC(CC(=O)COCCOCCNC(=O)CCCS(=O)(=O)NC(=O)CCCCCCCCCCCCCCCc1nn[nH]n1)C(=O)O. The van der Waals surface area contributed by atoms with Crippen LogP contribution in [0.1, 0.15) is 128 Å². The van der Waals surface area contributed by atoms with Gasteiger partial charge in [0, 0.05) is 32.2 Å². The molecule has 0 aliphatic heterocycles. The van der Waals surface area contributed by atoms with Gasteiger partial charge in [0.25, 0.3) is 0 Å². The zero-order chi connectivity index (χ0) is 35.3. The van der Waals surface area contributed by atoms with E-state index >= 15 is 0 Å². The van der Waals surface area contributed by atoms with E-state index < -0.39 is 27.8 Å². The van der Waals surface area contributed by atoms with Crippen molar-refractivity contribution < 1.29 is 42.2 Å². The third-order valence-electron chi connectivity index (χ3n) is 7.80. The number of hydrogen-bond donors (Lipinski definition) is 4. The molecule has 0 spiro atoms. The maximum Gasteiger partial charge on any atom is 0.306 e. The average molecular weight is 703 g/mol. The van der Waals surface area contributed by atoms with Crippen LogP contribution in [-0.2, 0) is 45.1 Å². The van der Waals surface area contributed by atoms with Crippen LogP contribution < -0.4 is 10.0 Å². The van der Waals surface area contributed by atoms with Crippen molar-refractivity contribution in [2.75, 3.05) is 38.7 Å². The number of amides is 2. The van der Waals surface area contributed by atoms with Crippen LogP contribution in [0.15, 0.2) is 0 Å². The van der Waals surface area contributed by atoms with Crippen LogP contribution in [0, 0.1) is 5.92 Å². The second-order valence-corrected chi connectivity index (χ2v) is 13.9. The normalized spacial score (nSPS) is 12.1. The minimum atomic E-state index is -3.79. The number of nitrogens with zero attached hydrogens (tertiary/aromatic N) is 3. The Morgan fingerprint density at radius 1 is 0.792 bits per heavy atom. The topological polar surface area (TPSA) is 220 Å². The van der Waals surface area contributed by atoms with Crippen LogP contribution in [0.3, 0.4) is 0 Å². The number of tetrazole rings is 1. The summed E-state index contributed by atoms with van der Waals surface area (Å²) in [6.07, 6.45) is 16.1. The number of carboxylic acids is 1. The predicted octanol–water partition coefficient (Wildman–Crippen LogP) is 3.65. The summed E-state index contributed by atoms with van der Waals surface area (Å²) < 4.78 is 37.0. The highest BCUT2D eigenvalue weighted by Crippen LogP contribution is 2.14. The largest absolute Gasteiger partial charge is 0.481 e. The molecular weight excluding hydrogens is 644 g/mol. The van der Waals surface area contributed by atoms with E-state index in [0.717, 1.165) is 37.9 Å². The summed E-state index contributed by atoms with van der Waals surface area (Å²) in [5, 5.41) is 25.6. The van der Waals surface area contributed by atoms with Crippen molar-refractivity contribution >= 4 is 33.6 Å². The van der Waals surface area contributed by atoms with Crippen molar-refractivity contribution in [2.24, 2.45) is 5.92 Å². The lowest BCUT2D eigenvalue weighted by atomic mass is 10.0. The van der Waals surface area contributed by atoms with Crippen molar-refractivity contribution in [1.82, 2.24) is 30.7 Å². The van der Waals surface area contributed by atoms with Crippen LogP contribution in [0.2, 0.25) is 0 Å². The van der Waals surface area contributed by atoms with Gasteiger partial charge in [0.1, 0.15) is 6.61 Å². The summed E-state index contributed by atoms with van der Waals surface area (Å²) in [4.78, 5) is 46.7. The molecule has 1 rings (SSSR count). The Labute approximate surface area is 285 Å². The van der Waals surface area contributed by atoms with Crippen LogP contribution in [0.5, 0.6) is 0 Å². The number of aromatic nitrogens is 4. The standard InChI is InChI=1S/C32H58N6O9S/c1-2-27(32(42)43)25-28(39)26-47-23-22-46-21-20-33-30(40)19-16-24-48(44,45)36-31(41)18-15-13-11-9-7-5-3-4-6-8-10-12-14-17-29-34-37-38-35-29/h27H,2-26H2,1H3,(H,33,40)(H,36,41)(H,42,43)(H,34,35,37,38). The number of aliphatic carboxylic acids is 1. The third kappa shape index (κ3) is 25.1. The van der Waals surface area contributed by atoms with E-state index in [1.165, 1.54) is 51.4 Å². The molecule has 0 aliphatic carbocycles. The van der Waals surface area contributed by atoms with Gasteiger partial charge in [-0.25, -0.2) is 8.42 Å². The van der Waals surface area contributed by atoms with Crippen LogP contribution in [-0.4, -0.2) is 96.4 Å². The first kappa shape index (κ1) is 43.0. The van der Waals surface area contributed by atoms with Gasteiger partial charge >= 0.3 is 5.97 Å². The first-order valence-electron chi connectivity index (χ1n) is 17.5. The lowest BCUT2D eigenvalue weighted by molar-refractivity contribution is -0.144. The summed E-state index contributed by atoms with van der Waals surface area (Å²) >= 11 is 0. The molecule has 1 heterocycles. The summed E-state index contributed by atoms with van der Waals surface area (Å²) in [6, 6.07) is 0. The molecule has 0 bridgehead atoms. The summed E-state index contributed by atoms with van der Waals surface area (Å²) in [5.41, 5.74) is 0. The molecule has 1 aromatic heterocycles. The number of carbonyl (C=O) groups excluding carboxylic acids is 3. The zero-order valence-electron chi connectivity index (χ0n) is 28.7. The highest BCUT2D eigenvalue weighted by molar-refractivity contribution is 7.90. The van der Waals surface area contributed by atoms with Crippen molar-refractivity contribution in [3.05, 3.63) is 5.82 Å². The monoisotopic (exact) mass is 702 g/mol. The number of aromatic amines is 1. The number of aryl methyl sites for hydroxylation is 1. The van der Waals surface area contributed by atoms with Gasteiger partial charge in [0.05, 0.1) is 31.5 Å². The van der Waals surface area contributed by atoms with E-state index in [4.69, 9.17) is 14.6 Å². The van der Waals surface area contributed by atoms with Gasteiger partial charge < -0.3 is 19.9 Å². The van der Waals surface area contributed by atoms with Crippen LogP contribution >= 0.6 is 0 Å². The highest BCUT2D eigenvalue weighted by atomic mass is 32.2. The Morgan fingerprint density at radius 2 is 1.38 bits per heavy atom. The maximum atomic E-state index is 12.2. The first-order chi connectivity index (χ1) is 23.1. The number of nitrogens with one attached hydrogen (secondary N) is 3. The second-order valence-electron chi connectivity index (χ2n) is 12.1. The number of hydrogen-bond acceptors (Lipinski definition) is 11. The number of rotatable bonds is 33. The van der Waals surface area contributed by atoms with Crippen LogP contribution in [0.4, 0.5) is 0 Å². The molecule has 1 aromatic rings. The number of Topliss-reactive ketones (excluding diaryl/α,β-unsaturated/α-hetero) is 1. The van der Waals surface area contributed by atoms with Crippen molar-refractivity contribution in [3.8, 4) is 0 Å². The van der Waals surface area contributed by atoms with E-state index in [2.05, 4.69) is 30.7 Å². The first-order valence-corrected chi connectivity index (χ1v) is 19.2. The minimum absolute atomic E-state index is 0.00101. The van der Waals surface area contributed by atoms with E-state index in [9.17, 15) is 27.6 Å².